The second kappa shape index (κ2) is 12.9. The molecular formula is C34H44Sn. The van der Waals surface area contributed by atoms with E-state index in [0.29, 0.717) is 5.92 Å². The van der Waals surface area contributed by atoms with Crippen LogP contribution in [-0.2, 0) is 6.42 Å². The van der Waals surface area contributed by atoms with Crippen molar-refractivity contribution in [2.45, 2.75) is 84.9 Å². The SMILES string of the molecule is CCC[CH2][Sn]([CH2]CCC)([CH2]CCC)[C]1=C(c2ccccc2)C(Cc2ccccc2)c2ccccc21. The maximum atomic E-state index is 2.49. The average molecular weight is 571 g/mol. The number of benzene rings is 3. The van der Waals surface area contributed by atoms with E-state index in [1.807, 2.05) is 3.59 Å². The van der Waals surface area contributed by atoms with Gasteiger partial charge in [-0.3, -0.25) is 0 Å². The van der Waals surface area contributed by atoms with Gasteiger partial charge in [-0.1, -0.05) is 0 Å². The van der Waals surface area contributed by atoms with E-state index >= 15 is 0 Å². The Balaban J connectivity index is 1.97. The van der Waals surface area contributed by atoms with Gasteiger partial charge in [0.15, 0.2) is 0 Å². The van der Waals surface area contributed by atoms with E-state index in [0.717, 1.165) is 6.42 Å². The van der Waals surface area contributed by atoms with Crippen LogP contribution >= 0.6 is 0 Å². The van der Waals surface area contributed by atoms with Crippen molar-refractivity contribution in [3.05, 3.63) is 107 Å². The van der Waals surface area contributed by atoms with Gasteiger partial charge in [-0.05, 0) is 0 Å². The molecule has 3 aromatic rings. The van der Waals surface area contributed by atoms with Crippen molar-refractivity contribution in [1.29, 1.82) is 0 Å². The van der Waals surface area contributed by atoms with Crippen LogP contribution in [0.2, 0.25) is 13.3 Å². The first-order chi connectivity index (χ1) is 17.2. The van der Waals surface area contributed by atoms with Crippen LogP contribution in [0.25, 0.3) is 9.16 Å². The fourth-order valence-corrected chi connectivity index (χ4v) is 24.3. The number of rotatable bonds is 13. The van der Waals surface area contributed by atoms with Gasteiger partial charge in [0.25, 0.3) is 0 Å². The fourth-order valence-electron chi connectivity index (χ4n) is 6.40. The van der Waals surface area contributed by atoms with E-state index in [2.05, 4.69) is 106 Å². The van der Waals surface area contributed by atoms with Crippen LogP contribution in [0.3, 0.4) is 0 Å². The van der Waals surface area contributed by atoms with Crippen LogP contribution in [0.5, 0.6) is 0 Å². The van der Waals surface area contributed by atoms with Crippen molar-refractivity contribution in [2.24, 2.45) is 0 Å². The molecule has 0 N–H and O–H groups in total. The molecule has 1 heteroatoms. The summed E-state index contributed by atoms with van der Waals surface area (Å²) in [5.74, 6) is 0.465. The summed E-state index contributed by atoms with van der Waals surface area (Å²) < 4.78 is 6.45. The summed E-state index contributed by atoms with van der Waals surface area (Å²) in [6, 6.07) is 32.2. The normalized spacial score (nSPS) is 15.5. The van der Waals surface area contributed by atoms with Crippen molar-refractivity contribution in [2.75, 3.05) is 0 Å². The molecule has 0 aliphatic heterocycles. The van der Waals surface area contributed by atoms with Gasteiger partial charge in [0.2, 0.25) is 0 Å². The van der Waals surface area contributed by atoms with Crippen LogP contribution in [-0.4, -0.2) is 18.4 Å². The minimum atomic E-state index is -2.71. The molecule has 1 aliphatic carbocycles. The molecule has 0 spiro atoms. The number of hydrogen-bond acceptors (Lipinski definition) is 0. The van der Waals surface area contributed by atoms with Crippen molar-refractivity contribution in [1.82, 2.24) is 0 Å². The molecule has 0 saturated carbocycles. The van der Waals surface area contributed by atoms with Gasteiger partial charge >= 0.3 is 220 Å². The van der Waals surface area contributed by atoms with E-state index in [-0.39, 0.29) is 0 Å². The maximum absolute atomic E-state index is 2.71. The van der Waals surface area contributed by atoms with Crippen molar-refractivity contribution in [3.8, 4) is 0 Å². The zero-order valence-corrected chi connectivity index (χ0v) is 25.1. The van der Waals surface area contributed by atoms with Gasteiger partial charge in [0, 0.05) is 0 Å². The Hall–Kier alpha value is -1.80. The summed E-state index contributed by atoms with van der Waals surface area (Å²) in [7, 11) is 0. The standard InChI is InChI=1S/C22H17.3C4H9.Sn/c1-3-9-17(10-4-1)15-22-20-14-8-7-13-19(20)16-21(22)18-11-5-2-6-12-18;3*1-3-4-2;/h1-14,22H,15H2;3*1,3-4H2,2H3;. The van der Waals surface area contributed by atoms with E-state index in [4.69, 9.17) is 0 Å². The van der Waals surface area contributed by atoms with Gasteiger partial charge in [-0.25, -0.2) is 0 Å². The summed E-state index contributed by atoms with van der Waals surface area (Å²) in [5, 5.41) is 0. The summed E-state index contributed by atoms with van der Waals surface area (Å²) in [5.41, 5.74) is 7.86. The molecule has 0 nitrogen and oxygen atoms in total. The van der Waals surface area contributed by atoms with E-state index in [1.165, 1.54) is 63.0 Å². The molecule has 0 bridgehead atoms. The molecule has 1 atom stereocenters. The molecule has 0 saturated heterocycles. The Morgan fingerprint density at radius 2 is 1.11 bits per heavy atom. The molecule has 0 aromatic heterocycles. The van der Waals surface area contributed by atoms with Crippen LogP contribution in [0.1, 0.15) is 87.5 Å². The number of unbranched alkanes of at least 4 members (excludes halogenated alkanes) is 3. The molecule has 4 rings (SSSR count). The van der Waals surface area contributed by atoms with Crippen LogP contribution in [0.4, 0.5) is 0 Å². The minimum absolute atomic E-state index is 0.465. The van der Waals surface area contributed by atoms with E-state index in [9.17, 15) is 0 Å². The van der Waals surface area contributed by atoms with Crippen molar-refractivity contribution >= 4 is 27.5 Å². The van der Waals surface area contributed by atoms with Gasteiger partial charge in [0.05, 0.1) is 0 Å². The Kier molecular flexibility index (Phi) is 9.72. The van der Waals surface area contributed by atoms with Gasteiger partial charge in [-0.2, -0.15) is 0 Å². The third kappa shape index (κ3) is 5.96. The number of fused-ring (bicyclic) bond motifs is 1. The monoisotopic (exact) mass is 572 g/mol. The molecule has 1 aliphatic rings. The Morgan fingerprint density at radius 1 is 0.600 bits per heavy atom. The van der Waals surface area contributed by atoms with Crippen molar-refractivity contribution in [3.63, 3.8) is 0 Å². The molecule has 0 radical (unpaired) electrons. The summed E-state index contributed by atoms with van der Waals surface area (Å²) in [4.78, 5) is 0. The Bertz CT molecular complexity index is 1060. The second-order valence-corrected chi connectivity index (χ2v) is 23.6. The van der Waals surface area contributed by atoms with E-state index in [1.54, 1.807) is 16.7 Å². The molecule has 3 aromatic carbocycles. The van der Waals surface area contributed by atoms with Crippen molar-refractivity contribution < 1.29 is 0 Å². The van der Waals surface area contributed by atoms with Gasteiger partial charge in [-0.15, -0.1) is 0 Å². The molecule has 0 fully saturated rings. The van der Waals surface area contributed by atoms with Crippen LogP contribution in [0, 0.1) is 0 Å². The predicted octanol–water partition coefficient (Wildman–Crippen LogP) is 10.3. The third-order valence-corrected chi connectivity index (χ3v) is 23.9. The zero-order valence-electron chi connectivity index (χ0n) is 22.2. The molecule has 35 heavy (non-hydrogen) atoms. The third-order valence-electron chi connectivity index (χ3n) is 8.15. The molecular weight excluding hydrogens is 527 g/mol. The molecule has 0 heterocycles. The Labute approximate surface area is 218 Å². The second-order valence-electron chi connectivity index (χ2n) is 10.6. The summed E-state index contributed by atoms with van der Waals surface area (Å²) >= 11 is -2.71. The number of allylic oxidation sites excluding steroid dienone is 1. The first-order valence-electron chi connectivity index (χ1n) is 14.2. The average Bonchev–Trinajstić information content (AvgIpc) is 3.24. The molecule has 184 valence electrons. The molecule has 1 unspecified atom stereocenters. The number of hydrogen-bond donors (Lipinski definition) is 0. The van der Waals surface area contributed by atoms with Gasteiger partial charge < -0.3 is 0 Å². The first kappa shape index (κ1) is 26.3. The fraction of sp³-hybridized carbons (Fsp3) is 0.412. The Morgan fingerprint density at radius 3 is 1.69 bits per heavy atom. The van der Waals surface area contributed by atoms with Crippen LogP contribution < -0.4 is 0 Å². The topological polar surface area (TPSA) is 0 Å². The zero-order chi connectivity index (χ0) is 24.5. The summed E-state index contributed by atoms with van der Waals surface area (Å²) in [6.07, 6.45) is 9.27. The van der Waals surface area contributed by atoms with E-state index < -0.39 is 18.4 Å². The molecule has 0 amide bonds. The van der Waals surface area contributed by atoms with Crippen LogP contribution in [0.15, 0.2) is 84.9 Å². The van der Waals surface area contributed by atoms with Gasteiger partial charge in [0.1, 0.15) is 0 Å². The predicted molar refractivity (Wildman–Crippen MR) is 157 cm³/mol. The first-order valence-corrected chi connectivity index (χ1v) is 21.7. The quantitative estimate of drug-likeness (QED) is 0.179. The summed E-state index contributed by atoms with van der Waals surface area (Å²) in [6.45, 7) is 7.18.